The summed E-state index contributed by atoms with van der Waals surface area (Å²) in [5.74, 6) is 0.193. The van der Waals surface area contributed by atoms with Crippen LogP contribution in [-0.2, 0) is 11.2 Å². The molecule has 0 saturated carbocycles. The van der Waals surface area contributed by atoms with Gasteiger partial charge in [-0.15, -0.1) is 0 Å². The highest BCUT2D eigenvalue weighted by Crippen LogP contribution is 2.14. The third kappa shape index (κ3) is 2.67. The van der Waals surface area contributed by atoms with Crippen molar-refractivity contribution in [2.75, 3.05) is 6.54 Å². The van der Waals surface area contributed by atoms with Gasteiger partial charge < -0.3 is 4.90 Å². The Morgan fingerprint density at radius 3 is 2.56 bits per heavy atom. The van der Waals surface area contributed by atoms with Crippen LogP contribution in [0.4, 0.5) is 0 Å². The van der Waals surface area contributed by atoms with E-state index in [4.69, 9.17) is 12.2 Å². The number of hydrogen-bond donors (Lipinski definition) is 0. The van der Waals surface area contributed by atoms with Gasteiger partial charge in [0.1, 0.15) is 0 Å². The summed E-state index contributed by atoms with van der Waals surface area (Å²) in [5.41, 5.74) is 1.32. The van der Waals surface area contributed by atoms with E-state index in [9.17, 15) is 4.79 Å². The van der Waals surface area contributed by atoms with Crippen LogP contribution in [0.15, 0.2) is 30.3 Å². The van der Waals surface area contributed by atoms with Crippen LogP contribution in [0.1, 0.15) is 24.8 Å². The molecule has 1 aliphatic heterocycles. The Morgan fingerprint density at radius 1 is 1.19 bits per heavy atom. The molecule has 0 radical (unpaired) electrons. The third-order valence-electron chi connectivity index (χ3n) is 2.84. The van der Waals surface area contributed by atoms with Crippen LogP contribution in [0.5, 0.6) is 0 Å². The molecule has 2 rings (SSSR count). The molecule has 0 N–H and O–H groups in total. The number of hydrogen-bond acceptors (Lipinski definition) is 2. The lowest BCUT2D eigenvalue weighted by molar-refractivity contribution is -0.125. The highest BCUT2D eigenvalue weighted by atomic mass is 32.1. The molecular weight excluding hydrogens is 218 g/mol. The number of benzene rings is 1. The van der Waals surface area contributed by atoms with Gasteiger partial charge in [-0.1, -0.05) is 42.5 Å². The molecule has 1 heterocycles. The Labute approximate surface area is 101 Å². The summed E-state index contributed by atoms with van der Waals surface area (Å²) in [6.07, 6.45) is 3.35. The molecule has 0 atom stereocenters. The molecule has 0 unspecified atom stereocenters. The van der Waals surface area contributed by atoms with Gasteiger partial charge in [-0.25, -0.2) is 0 Å². The van der Waals surface area contributed by atoms with Gasteiger partial charge >= 0.3 is 0 Å². The van der Waals surface area contributed by atoms with Gasteiger partial charge in [0.05, 0.1) is 4.99 Å². The molecule has 0 aliphatic carbocycles. The predicted octanol–water partition coefficient (Wildman–Crippen LogP) is 2.57. The quantitative estimate of drug-likeness (QED) is 0.745. The number of likely N-dealkylation sites (tertiary alicyclic amines) is 1. The number of amides is 1. The minimum atomic E-state index is 0.193. The van der Waals surface area contributed by atoms with E-state index in [1.165, 1.54) is 5.56 Å². The van der Waals surface area contributed by atoms with E-state index in [1.807, 2.05) is 18.2 Å². The number of carbonyl (C=O) groups is 1. The first-order valence-corrected chi connectivity index (χ1v) is 6.05. The lowest BCUT2D eigenvalue weighted by Gasteiger charge is -2.15. The van der Waals surface area contributed by atoms with Gasteiger partial charge in [0.2, 0.25) is 5.91 Å². The van der Waals surface area contributed by atoms with Gasteiger partial charge in [-0.2, -0.15) is 0 Å². The van der Waals surface area contributed by atoms with E-state index in [2.05, 4.69) is 12.1 Å². The van der Waals surface area contributed by atoms with E-state index in [0.29, 0.717) is 6.42 Å². The number of carbonyl (C=O) groups excluding carboxylic acids is 1. The molecule has 1 aromatic rings. The van der Waals surface area contributed by atoms with Crippen LogP contribution in [-0.4, -0.2) is 22.3 Å². The molecule has 1 aromatic carbocycles. The zero-order valence-electron chi connectivity index (χ0n) is 9.19. The van der Waals surface area contributed by atoms with Crippen LogP contribution in [0.2, 0.25) is 0 Å². The fraction of sp³-hybridized carbons (Fsp3) is 0.385. The van der Waals surface area contributed by atoms with Crippen molar-refractivity contribution in [2.45, 2.75) is 25.7 Å². The molecule has 0 aromatic heterocycles. The summed E-state index contributed by atoms with van der Waals surface area (Å²) in [4.78, 5) is 14.0. The second kappa shape index (κ2) is 5.21. The van der Waals surface area contributed by atoms with Gasteiger partial charge in [0, 0.05) is 19.4 Å². The zero-order chi connectivity index (χ0) is 11.4. The van der Waals surface area contributed by atoms with E-state index < -0.39 is 0 Å². The van der Waals surface area contributed by atoms with Crippen molar-refractivity contribution >= 4 is 23.1 Å². The van der Waals surface area contributed by atoms with Gasteiger partial charge in [-0.3, -0.25) is 4.79 Å². The number of thiocarbonyl (C=S) groups is 1. The first-order valence-electron chi connectivity index (χ1n) is 5.64. The molecular formula is C13H15NOS. The number of nitrogens with zero attached hydrogens (tertiary/aromatic N) is 1. The maximum absolute atomic E-state index is 11.5. The molecule has 2 nitrogen and oxygen atoms in total. The van der Waals surface area contributed by atoms with Crippen LogP contribution < -0.4 is 0 Å². The van der Waals surface area contributed by atoms with Gasteiger partial charge in [0.15, 0.2) is 0 Å². The molecule has 3 heteroatoms. The lowest BCUT2D eigenvalue weighted by atomic mass is 10.1. The monoisotopic (exact) mass is 233 g/mol. The largest absolute Gasteiger partial charge is 0.307 e. The normalized spacial score (nSPS) is 15.9. The maximum atomic E-state index is 11.5. The minimum Gasteiger partial charge on any atom is -0.307 e. The van der Waals surface area contributed by atoms with Crippen molar-refractivity contribution in [1.29, 1.82) is 0 Å². The molecule has 84 valence electrons. The lowest BCUT2D eigenvalue weighted by Crippen LogP contribution is -2.29. The van der Waals surface area contributed by atoms with Crippen LogP contribution in [0.3, 0.4) is 0 Å². The molecule has 1 saturated heterocycles. The van der Waals surface area contributed by atoms with Crippen LogP contribution in [0, 0.1) is 0 Å². The Morgan fingerprint density at radius 2 is 1.94 bits per heavy atom. The smallest absolute Gasteiger partial charge is 0.227 e. The number of aryl methyl sites for hydroxylation is 1. The Kier molecular flexibility index (Phi) is 3.67. The fourth-order valence-corrected chi connectivity index (χ4v) is 2.25. The summed E-state index contributed by atoms with van der Waals surface area (Å²) in [5, 5.41) is 0. The van der Waals surface area contributed by atoms with Crippen molar-refractivity contribution in [3.8, 4) is 0 Å². The Hall–Kier alpha value is -1.22. The van der Waals surface area contributed by atoms with Crippen molar-refractivity contribution < 1.29 is 4.79 Å². The summed E-state index contributed by atoms with van der Waals surface area (Å²) in [7, 11) is 0. The molecule has 1 aliphatic rings. The zero-order valence-corrected chi connectivity index (χ0v) is 10.0. The summed E-state index contributed by atoms with van der Waals surface area (Å²) >= 11 is 5.15. The van der Waals surface area contributed by atoms with Crippen molar-refractivity contribution in [2.24, 2.45) is 0 Å². The van der Waals surface area contributed by atoms with Gasteiger partial charge in [0.25, 0.3) is 0 Å². The van der Waals surface area contributed by atoms with Gasteiger partial charge in [-0.05, 0) is 18.4 Å². The van der Waals surface area contributed by atoms with Crippen LogP contribution in [0.25, 0.3) is 0 Å². The van der Waals surface area contributed by atoms with Crippen LogP contribution >= 0.6 is 12.2 Å². The highest BCUT2D eigenvalue weighted by Gasteiger charge is 2.24. The van der Waals surface area contributed by atoms with E-state index in [1.54, 1.807) is 4.90 Å². The Balaban J connectivity index is 1.80. The molecule has 16 heavy (non-hydrogen) atoms. The fourth-order valence-electron chi connectivity index (χ4n) is 1.96. The first-order chi connectivity index (χ1) is 7.77. The van der Waals surface area contributed by atoms with E-state index >= 15 is 0 Å². The Bertz CT molecular complexity index is 372. The third-order valence-corrected chi connectivity index (χ3v) is 3.27. The average Bonchev–Trinajstić information content (AvgIpc) is 2.62. The van der Waals surface area contributed by atoms with Crippen molar-refractivity contribution in [3.63, 3.8) is 0 Å². The SMILES string of the molecule is O=C1CCC(=S)N1CCCc1ccccc1. The summed E-state index contributed by atoms with van der Waals surface area (Å²) in [6, 6.07) is 10.3. The maximum Gasteiger partial charge on any atom is 0.227 e. The highest BCUT2D eigenvalue weighted by molar-refractivity contribution is 7.80. The first kappa shape index (κ1) is 11.3. The van der Waals surface area contributed by atoms with Crippen molar-refractivity contribution in [3.05, 3.63) is 35.9 Å². The number of rotatable bonds is 4. The predicted molar refractivity (Wildman–Crippen MR) is 68.3 cm³/mol. The average molecular weight is 233 g/mol. The summed E-state index contributed by atoms with van der Waals surface area (Å²) in [6.45, 7) is 0.770. The minimum absolute atomic E-state index is 0.193. The van der Waals surface area contributed by atoms with Crippen molar-refractivity contribution in [1.82, 2.24) is 4.90 Å². The molecule has 0 bridgehead atoms. The molecule has 1 amide bonds. The molecule has 1 fully saturated rings. The van der Waals surface area contributed by atoms with E-state index in [-0.39, 0.29) is 5.91 Å². The second-order valence-corrected chi connectivity index (χ2v) is 4.50. The van der Waals surface area contributed by atoms with E-state index in [0.717, 1.165) is 30.8 Å². The second-order valence-electron chi connectivity index (χ2n) is 4.03. The standard InChI is InChI=1S/C13H15NOS/c15-12-8-9-13(16)14(12)10-4-7-11-5-2-1-3-6-11/h1-3,5-6H,4,7-10H2. The topological polar surface area (TPSA) is 20.3 Å². The molecule has 0 spiro atoms. The summed E-state index contributed by atoms with van der Waals surface area (Å²) < 4.78 is 0.